The van der Waals surface area contributed by atoms with Crippen LogP contribution in [0.2, 0.25) is 0 Å². The largest absolute Gasteiger partial charge is 0.445 e. The molecule has 0 amide bonds. The first-order valence-corrected chi connectivity index (χ1v) is 4.45. The molecule has 0 saturated carbocycles. The van der Waals surface area contributed by atoms with Crippen molar-refractivity contribution in [2.75, 3.05) is 0 Å². The minimum absolute atomic E-state index is 0.786. The molecule has 2 rings (SSSR count). The van der Waals surface area contributed by atoms with Gasteiger partial charge >= 0.3 is 0 Å². The van der Waals surface area contributed by atoms with Crippen molar-refractivity contribution < 1.29 is 4.42 Å². The van der Waals surface area contributed by atoms with Crippen LogP contribution < -0.4 is 0 Å². The Balaban J connectivity index is 2.40. The lowest BCUT2D eigenvalue weighted by molar-refractivity contribution is 0.471. The van der Waals surface area contributed by atoms with Crippen molar-refractivity contribution >= 4 is 6.08 Å². The molecule has 0 radical (unpaired) electrons. The Kier molecular flexibility index (Phi) is 1.75. The Morgan fingerprint density at radius 2 is 2.33 bits per heavy atom. The maximum Gasteiger partial charge on any atom is 0.191 e. The van der Waals surface area contributed by atoms with Crippen LogP contribution in [0.25, 0.3) is 6.08 Å². The lowest BCUT2D eigenvalue weighted by atomic mass is 9.99. The summed E-state index contributed by atoms with van der Waals surface area (Å²) in [5.74, 6) is 1.85. The van der Waals surface area contributed by atoms with Gasteiger partial charge in [-0.25, -0.2) is 4.98 Å². The average molecular weight is 163 g/mol. The van der Waals surface area contributed by atoms with Gasteiger partial charge < -0.3 is 4.42 Å². The highest BCUT2D eigenvalue weighted by Crippen LogP contribution is 2.25. The van der Waals surface area contributed by atoms with Crippen LogP contribution in [-0.2, 0) is 6.42 Å². The molecule has 0 unspecified atom stereocenters. The van der Waals surface area contributed by atoms with E-state index < -0.39 is 0 Å². The summed E-state index contributed by atoms with van der Waals surface area (Å²) in [6.45, 7) is 4.08. The van der Waals surface area contributed by atoms with E-state index in [9.17, 15) is 0 Å². The van der Waals surface area contributed by atoms with E-state index in [4.69, 9.17) is 4.42 Å². The highest BCUT2D eigenvalue weighted by atomic mass is 16.4. The van der Waals surface area contributed by atoms with Gasteiger partial charge in [-0.2, -0.15) is 0 Å². The predicted octanol–water partition coefficient (Wildman–Crippen LogP) is 2.72. The van der Waals surface area contributed by atoms with Crippen LogP contribution in [0.4, 0.5) is 0 Å². The molecule has 1 aliphatic carbocycles. The molecule has 0 spiro atoms. The summed E-state index contributed by atoms with van der Waals surface area (Å²) in [7, 11) is 0. The summed E-state index contributed by atoms with van der Waals surface area (Å²) >= 11 is 0. The Hall–Kier alpha value is -1.05. The fourth-order valence-corrected chi connectivity index (χ4v) is 1.60. The van der Waals surface area contributed by atoms with Gasteiger partial charge in [0.15, 0.2) is 5.89 Å². The summed E-state index contributed by atoms with van der Waals surface area (Å²) in [5, 5.41) is 0. The number of rotatable bonds is 1. The summed E-state index contributed by atoms with van der Waals surface area (Å²) in [5.41, 5.74) is 2.53. The average Bonchev–Trinajstić information content (AvgIpc) is 2.43. The summed E-state index contributed by atoms with van der Waals surface area (Å²) in [6, 6.07) is 0. The molecule has 0 aromatic carbocycles. The lowest BCUT2D eigenvalue weighted by Crippen LogP contribution is -1.96. The minimum Gasteiger partial charge on any atom is -0.445 e. The molecule has 0 fully saturated rings. The third kappa shape index (κ3) is 1.17. The molecule has 0 aliphatic heterocycles. The second-order valence-corrected chi connectivity index (χ2v) is 3.20. The van der Waals surface area contributed by atoms with Crippen molar-refractivity contribution in [3.63, 3.8) is 0 Å². The van der Waals surface area contributed by atoms with Gasteiger partial charge in [0.05, 0.1) is 0 Å². The number of hydrogen-bond donors (Lipinski definition) is 0. The Morgan fingerprint density at radius 3 is 3.08 bits per heavy atom. The van der Waals surface area contributed by atoms with Gasteiger partial charge in [0.2, 0.25) is 0 Å². The van der Waals surface area contributed by atoms with Crippen molar-refractivity contribution in [1.29, 1.82) is 0 Å². The molecule has 0 bridgehead atoms. The summed E-state index contributed by atoms with van der Waals surface area (Å²) in [6.07, 6.45) is 5.45. The normalized spacial score (nSPS) is 15.7. The molecule has 0 N–H and O–H groups in total. The molecule has 2 heteroatoms. The van der Waals surface area contributed by atoms with E-state index in [0.29, 0.717) is 0 Å². The van der Waals surface area contributed by atoms with Crippen LogP contribution in [0.3, 0.4) is 0 Å². The third-order valence-electron chi connectivity index (χ3n) is 2.30. The summed E-state index contributed by atoms with van der Waals surface area (Å²) < 4.78 is 5.44. The van der Waals surface area contributed by atoms with Gasteiger partial charge in [-0.3, -0.25) is 0 Å². The molecule has 1 aromatic rings. The van der Waals surface area contributed by atoms with Crippen LogP contribution in [0.15, 0.2) is 9.99 Å². The Labute approximate surface area is 72.3 Å². The number of fused-ring (bicyclic) bond motifs is 1. The molecular weight excluding hydrogens is 150 g/mol. The third-order valence-corrected chi connectivity index (χ3v) is 2.30. The van der Waals surface area contributed by atoms with Crippen molar-refractivity contribution in [2.45, 2.75) is 33.1 Å². The van der Waals surface area contributed by atoms with E-state index in [1.165, 1.54) is 5.57 Å². The lowest BCUT2D eigenvalue weighted by Gasteiger charge is -2.08. The fourth-order valence-electron chi connectivity index (χ4n) is 1.60. The van der Waals surface area contributed by atoms with Crippen LogP contribution in [-0.4, -0.2) is 4.98 Å². The molecule has 0 atom stereocenters. The first-order valence-electron chi connectivity index (χ1n) is 4.45. The van der Waals surface area contributed by atoms with Gasteiger partial charge in [0, 0.05) is 13.3 Å². The monoisotopic (exact) mass is 163 g/mol. The van der Waals surface area contributed by atoms with Crippen LogP contribution in [0, 0.1) is 6.92 Å². The number of allylic oxidation sites excluding steroid dienone is 1. The highest BCUT2D eigenvalue weighted by molar-refractivity contribution is 5.53. The second-order valence-electron chi connectivity index (χ2n) is 3.20. The number of aromatic nitrogens is 1. The van der Waals surface area contributed by atoms with E-state index in [-0.39, 0.29) is 0 Å². The van der Waals surface area contributed by atoms with Gasteiger partial charge in [-0.05, 0) is 18.9 Å². The molecule has 64 valence electrons. The minimum atomic E-state index is 0.786. The molecule has 12 heavy (non-hydrogen) atoms. The quantitative estimate of drug-likeness (QED) is 0.636. The SMILES string of the molecule is CCC1=Cc2nc(C)oc2CC1. The topological polar surface area (TPSA) is 26.0 Å². The number of hydrogen-bond acceptors (Lipinski definition) is 2. The van der Waals surface area contributed by atoms with Gasteiger partial charge in [-0.15, -0.1) is 0 Å². The van der Waals surface area contributed by atoms with Crippen molar-refractivity contribution in [3.05, 3.63) is 22.9 Å². The standard InChI is InChI=1S/C10H13NO/c1-3-8-4-5-10-9(6-8)11-7(2)12-10/h6H,3-5H2,1-2H3. The number of aryl methyl sites for hydroxylation is 2. The first kappa shape index (κ1) is 7.59. The highest BCUT2D eigenvalue weighted by Gasteiger charge is 2.14. The Bertz CT molecular complexity index is 323. The van der Waals surface area contributed by atoms with Crippen LogP contribution >= 0.6 is 0 Å². The van der Waals surface area contributed by atoms with E-state index in [0.717, 1.165) is 36.6 Å². The first-order chi connectivity index (χ1) is 5.79. The zero-order valence-corrected chi connectivity index (χ0v) is 7.55. The summed E-state index contributed by atoms with van der Waals surface area (Å²) in [4.78, 5) is 4.31. The Morgan fingerprint density at radius 1 is 1.50 bits per heavy atom. The van der Waals surface area contributed by atoms with E-state index in [1.807, 2.05) is 6.92 Å². The molecule has 1 aromatic heterocycles. The van der Waals surface area contributed by atoms with Crippen molar-refractivity contribution in [2.24, 2.45) is 0 Å². The van der Waals surface area contributed by atoms with E-state index >= 15 is 0 Å². The molecule has 2 nitrogen and oxygen atoms in total. The van der Waals surface area contributed by atoms with E-state index in [1.54, 1.807) is 0 Å². The maximum atomic E-state index is 5.44. The predicted molar refractivity (Wildman–Crippen MR) is 47.8 cm³/mol. The maximum absolute atomic E-state index is 5.44. The molecular formula is C10H13NO. The smallest absolute Gasteiger partial charge is 0.191 e. The van der Waals surface area contributed by atoms with Gasteiger partial charge in [0.1, 0.15) is 11.5 Å². The second kappa shape index (κ2) is 2.77. The zero-order valence-electron chi connectivity index (χ0n) is 7.55. The number of nitrogens with zero attached hydrogens (tertiary/aromatic N) is 1. The van der Waals surface area contributed by atoms with Gasteiger partial charge in [0.25, 0.3) is 0 Å². The number of oxazole rings is 1. The van der Waals surface area contributed by atoms with Crippen LogP contribution in [0.1, 0.15) is 37.1 Å². The van der Waals surface area contributed by atoms with Crippen molar-refractivity contribution in [1.82, 2.24) is 4.98 Å². The van der Waals surface area contributed by atoms with Crippen molar-refractivity contribution in [3.8, 4) is 0 Å². The van der Waals surface area contributed by atoms with Crippen LogP contribution in [0.5, 0.6) is 0 Å². The molecule has 1 heterocycles. The zero-order chi connectivity index (χ0) is 8.55. The fraction of sp³-hybridized carbons (Fsp3) is 0.500. The molecule has 1 aliphatic rings. The van der Waals surface area contributed by atoms with Gasteiger partial charge in [-0.1, -0.05) is 12.5 Å². The molecule has 0 saturated heterocycles. The van der Waals surface area contributed by atoms with E-state index in [2.05, 4.69) is 18.0 Å².